The molecule has 0 saturated heterocycles. The Morgan fingerprint density at radius 2 is 1.92 bits per heavy atom. The number of carboxylic acids is 1. The Hall–Kier alpha value is -2.80. The zero-order valence-corrected chi connectivity index (χ0v) is 13.4. The van der Waals surface area contributed by atoms with Gasteiger partial charge in [-0.05, 0) is 24.3 Å². The van der Waals surface area contributed by atoms with Gasteiger partial charge in [-0.15, -0.1) is 12.6 Å². The van der Waals surface area contributed by atoms with Crippen molar-refractivity contribution in [3.8, 4) is 0 Å². The van der Waals surface area contributed by atoms with Crippen LogP contribution in [0.15, 0.2) is 52.9 Å². The van der Waals surface area contributed by atoms with Crippen LogP contribution in [0.25, 0.3) is 11.1 Å². The lowest BCUT2D eigenvalue weighted by atomic mass is 10.1. The topological polar surface area (TPSA) is 92.4 Å². The van der Waals surface area contributed by atoms with Crippen molar-refractivity contribution in [3.05, 3.63) is 54.4 Å². The third kappa shape index (κ3) is 3.41. The van der Waals surface area contributed by atoms with Gasteiger partial charge in [0.2, 0.25) is 5.89 Å². The molecule has 1 heterocycles. The number of hydrogen-bond acceptors (Lipinski definition) is 5. The number of fused-ring (bicyclic) bond motifs is 1. The van der Waals surface area contributed by atoms with Crippen LogP contribution in [0, 0.1) is 0 Å². The average molecular weight is 342 g/mol. The average Bonchev–Trinajstić information content (AvgIpc) is 2.98. The number of hydrogen-bond donors (Lipinski definition) is 3. The van der Waals surface area contributed by atoms with E-state index in [2.05, 4.69) is 22.9 Å². The van der Waals surface area contributed by atoms with Crippen LogP contribution in [0.2, 0.25) is 0 Å². The number of carboxylic acid groups (broad SMARTS) is 1. The fourth-order valence-electron chi connectivity index (χ4n) is 2.35. The smallest absolute Gasteiger partial charge is 0.316 e. The quantitative estimate of drug-likeness (QED) is 0.593. The van der Waals surface area contributed by atoms with Crippen molar-refractivity contribution >= 4 is 46.2 Å². The molecule has 6 nitrogen and oxygen atoms in total. The largest absolute Gasteiger partial charge is 0.481 e. The number of para-hydroxylation sites is 2. The number of anilines is 2. The molecule has 0 saturated carbocycles. The maximum absolute atomic E-state index is 11.4. The molecule has 0 fully saturated rings. The van der Waals surface area contributed by atoms with E-state index in [0.29, 0.717) is 16.8 Å². The first kappa shape index (κ1) is 16.1. The van der Waals surface area contributed by atoms with Gasteiger partial charge in [-0.1, -0.05) is 24.3 Å². The molecule has 3 aromatic rings. The number of benzene rings is 2. The van der Waals surface area contributed by atoms with Gasteiger partial charge in [0.1, 0.15) is 11.4 Å². The molecule has 1 unspecified atom stereocenters. The zero-order chi connectivity index (χ0) is 17.1. The highest BCUT2D eigenvalue weighted by molar-refractivity contribution is 7.96. The summed E-state index contributed by atoms with van der Waals surface area (Å²) in [6, 6.07) is 14.8. The van der Waals surface area contributed by atoms with Gasteiger partial charge in [0.05, 0.1) is 5.69 Å². The van der Waals surface area contributed by atoms with E-state index >= 15 is 0 Å². The lowest BCUT2D eigenvalue weighted by Gasteiger charge is -2.06. The summed E-state index contributed by atoms with van der Waals surface area (Å²) in [5.74, 6) is -2.35. The fraction of sp³-hybridized carbons (Fsp3) is 0.118. The number of aliphatic carboxylic acids is 1. The number of carbonyl (C=O) groups excluding carboxylic acids is 1. The predicted molar refractivity (Wildman–Crippen MR) is 92.7 cm³/mol. The van der Waals surface area contributed by atoms with Gasteiger partial charge in [-0.2, -0.15) is 0 Å². The molecule has 0 spiro atoms. The molecule has 1 aromatic heterocycles. The lowest BCUT2D eigenvalue weighted by Crippen LogP contribution is -2.14. The Morgan fingerprint density at radius 1 is 1.17 bits per heavy atom. The molecule has 0 aliphatic carbocycles. The van der Waals surface area contributed by atoms with E-state index < -0.39 is 17.0 Å². The highest BCUT2D eigenvalue weighted by atomic mass is 32.1. The van der Waals surface area contributed by atoms with Gasteiger partial charge in [0.15, 0.2) is 10.7 Å². The monoisotopic (exact) mass is 342 g/mol. The van der Waals surface area contributed by atoms with Gasteiger partial charge in [0, 0.05) is 12.1 Å². The summed E-state index contributed by atoms with van der Waals surface area (Å²) in [5, 5.41) is 12.0. The van der Waals surface area contributed by atoms with Crippen molar-refractivity contribution in [2.24, 2.45) is 0 Å². The van der Waals surface area contributed by atoms with E-state index in [1.165, 1.54) is 0 Å². The third-order valence-electron chi connectivity index (χ3n) is 3.46. The van der Waals surface area contributed by atoms with Crippen LogP contribution in [-0.2, 0) is 9.59 Å². The first-order valence-corrected chi connectivity index (χ1v) is 7.65. The van der Waals surface area contributed by atoms with Crippen molar-refractivity contribution < 1.29 is 19.1 Å². The molecule has 2 aromatic carbocycles. The van der Waals surface area contributed by atoms with Crippen LogP contribution in [-0.4, -0.2) is 21.2 Å². The number of nitrogens with one attached hydrogen (secondary N) is 1. The van der Waals surface area contributed by atoms with Crippen LogP contribution < -0.4 is 5.32 Å². The predicted octanol–water partition coefficient (Wildman–Crippen LogP) is 3.59. The first-order valence-electron chi connectivity index (χ1n) is 7.20. The maximum atomic E-state index is 11.4. The van der Waals surface area contributed by atoms with Gasteiger partial charge in [0.25, 0.3) is 0 Å². The molecular weight excluding hydrogens is 328 g/mol. The standard InChI is InChI=1S/C17H14N2O4S/c20-14(24)9-11(17(21)22)16-19-13-8-4-7-12(15(13)23-16)18-10-5-2-1-3-6-10/h1-8,11,18H,9H2,(H,20,24)(H,21,22). The Kier molecular flexibility index (Phi) is 4.52. The molecule has 0 aliphatic heterocycles. The molecule has 0 bridgehead atoms. The normalized spacial score (nSPS) is 12.0. The lowest BCUT2D eigenvalue weighted by molar-refractivity contribution is -0.140. The second kappa shape index (κ2) is 6.76. The number of thiol groups is 1. The summed E-state index contributed by atoms with van der Waals surface area (Å²) in [4.78, 5) is 26.8. The van der Waals surface area contributed by atoms with Crippen LogP contribution in [0.3, 0.4) is 0 Å². The third-order valence-corrected chi connectivity index (χ3v) is 3.64. The van der Waals surface area contributed by atoms with Gasteiger partial charge < -0.3 is 14.8 Å². The summed E-state index contributed by atoms with van der Waals surface area (Å²) in [6.45, 7) is 0. The summed E-state index contributed by atoms with van der Waals surface area (Å²) in [6.07, 6.45) is -0.285. The number of rotatable bonds is 6. The van der Waals surface area contributed by atoms with Gasteiger partial charge >= 0.3 is 5.97 Å². The molecule has 0 amide bonds. The second-order valence-electron chi connectivity index (χ2n) is 5.19. The molecule has 24 heavy (non-hydrogen) atoms. The zero-order valence-electron chi connectivity index (χ0n) is 12.5. The minimum atomic E-state index is -1.18. The molecule has 1 atom stereocenters. The summed E-state index contributed by atoms with van der Waals surface area (Å²) < 4.78 is 5.66. The van der Waals surface area contributed by atoms with E-state index in [4.69, 9.17) is 4.42 Å². The molecule has 122 valence electrons. The molecule has 0 aliphatic rings. The minimum Gasteiger partial charge on any atom is -0.481 e. The Balaban J connectivity index is 2.00. The van der Waals surface area contributed by atoms with E-state index in [1.807, 2.05) is 36.4 Å². The van der Waals surface area contributed by atoms with Crippen molar-refractivity contribution in [3.63, 3.8) is 0 Å². The van der Waals surface area contributed by atoms with Crippen molar-refractivity contribution in [1.29, 1.82) is 0 Å². The number of carbonyl (C=O) groups is 2. The maximum Gasteiger partial charge on any atom is 0.316 e. The number of oxazole rings is 1. The number of nitrogens with zero attached hydrogens (tertiary/aromatic N) is 1. The highest BCUT2D eigenvalue weighted by Gasteiger charge is 2.28. The van der Waals surface area contributed by atoms with Crippen LogP contribution in [0.1, 0.15) is 18.2 Å². The highest BCUT2D eigenvalue weighted by Crippen LogP contribution is 2.31. The summed E-state index contributed by atoms with van der Waals surface area (Å²) in [5.41, 5.74) is 2.49. The van der Waals surface area contributed by atoms with Crippen LogP contribution >= 0.6 is 12.6 Å². The molecule has 2 N–H and O–H groups in total. The van der Waals surface area contributed by atoms with Gasteiger partial charge in [-0.3, -0.25) is 9.59 Å². The number of aromatic nitrogens is 1. The molecule has 7 heteroatoms. The van der Waals surface area contributed by atoms with E-state index in [1.54, 1.807) is 12.1 Å². The molecular formula is C17H14N2O4S. The summed E-state index contributed by atoms with van der Waals surface area (Å²) in [7, 11) is 0. The summed E-state index contributed by atoms with van der Waals surface area (Å²) >= 11 is 3.65. The first-order chi connectivity index (χ1) is 11.5. The van der Waals surface area contributed by atoms with Crippen LogP contribution in [0.5, 0.6) is 0 Å². The van der Waals surface area contributed by atoms with E-state index in [9.17, 15) is 14.7 Å². The molecule has 0 radical (unpaired) electrons. The Morgan fingerprint density at radius 3 is 2.58 bits per heavy atom. The van der Waals surface area contributed by atoms with Gasteiger partial charge in [-0.25, -0.2) is 4.98 Å². The minimum absolute atomic E-state index is 0.0118. The second-order valence-corrected chi connectivity index (χ2v) is 5.68. The van der Waals surface area contributed by atoms with Crippen molar-refractivity contribution in [1.82, 2.24) is 4.98 Å². The van der Waals surface area contributed by atoms with E-state index in [0.717, 1.165) is 5.69 Å². The van der Waals surface area contributed by atoms with Crippen LogP contribution in [0.4, 0.5) is 11.4 Å². The Labute approximate surface area is 142 Å². The molecule has 3 rings (SSSR count). The SMILES string of the molecule is O=C(S)CC(C(=O)O)c1nc2cccc(Nc3ccccc3)c2o1. The Bertz CT molecular complexity index is 892. The fourth-order valence-corrected chi connectivity index (χ4v) is 2.53. The van der Waals surface area contributed by atoms with Crippen molar-refractivity contribution in [2.45, 2.75) is 12.3 Å². The van der Waals surface area contributed by atoms with Crippen molar-refractivity contribution in [2.75, 3.05) is 5.32 Å². The van der Waals surface area contributed by atoms with E-state index in [-0.39, 0.29) is 12.3 Å².